The fourth-order valence-electron chi connectivity index (χ4n) is 1.60. The number of nitrogens with one attached hydrogen (secondary N) is 1. The molecule has 0 aliphatic rings. The molecular weight excluding hydrogens is 277 g/mol. The quantitative estimate of drug-likeness (QED) is 0.857. The molecule has 0 atom stereocenters. The van der Waals surface area contributed by atoms with E-state index in [9.17, 15) is 14.0 Å². The third kappa shape index (κ3) is 4.45. The van der Waals surface area contributed by atoms with E-state index in [0.717, 1.165) is 5.56 Å². The number of ether oxygens (including phenoxy) is 1. The van der Waals surface area contributed by atoms with Gasteiger partial charge in [0, 0.05) is 6.54 Å². The third-order valence-corrected chi connectivity index (χ3v) is 2.68. The largest absolute Gasteiger partial charge is 0.454 e. The highest BCUT2D eigenvalue weighted by Gasteiger charge is 2.13. The molecule has 1 aromatic carbocycles. The number of amides is 1. The summed E-state index contributed by atoms with van der Waals surface area (Å²) in [7, 11) is 0. The molecule has 1 heterocycles. The van der Waals surface area contributed by atoms with Crippen molar-refractivity contribution >= 4 is 11.9 Å². The Kier molecular flexibility index (Phi) is 4.71. The first kappa shape index (κ1) is 14.8. The number of hydrogen-bond acceptors (Lipinski definition) is 4. The van der Waals surface area contributed by atoms with Gasteiger partial charge in [-0.25, -0.2) is 9.18 Å². The summed E-state index contributed by atoms with van der Waals surface area (Å²) in [6, 6.07) is 8.85. The highest BCUT2D eigenvalue weighted by atomic mass is 19.1. The lowest BCUT2D eigenvalue weighted by Crippen LogP contribution is -2.28. The highest BCUT2D eigenvalue weighted by molar-refractivity contribution is 5.88. The Bertz CT molecular complexity index is 633. The van der Waals surface area contributed by atoms with Gasteiger partial charge in [-0.05, 0) is 36.8 Å². The van der Waals surface area contributed by atoms with E-state index in [4.69, 9.17) is 9.15 Å². The fourth-order valence-corrected chi connectivity index (χ4v) is 1.60. The molecular formula is C15H14FNO4. The summed E-state index contributed by atoms with van der Waals surface area (Å²) in [4.78, 5) is 23.1. The van der Waals surface area contributed by atoms with Crippen molar-refractivity contribution in [1.29, 1.82) is 0 Å². The number of aryl methyl sites for hydroxylation is 1. The zero-order valence-electron chi connectivity index (χ0n) is 11.4. The predicted octanol–water partition coefficient (Wildman–Crippen LogP) is 2.20. The second kappa shape index (κ2) is 6.69. The highest BCUT2D eigenvalue weighted by Crippen LogP contribution is 2.07. The van der Waals surface area contributed by atoms with Crippen LogP contribution in [-0.2, 0) is 16.1 Å². The monoisotopic (exact) mass is 291 g/mol. The molecule has 1 N–H and O–H groups in total. The maximum absolute atomic E-state index is 12.7. The Morgan fingerprint density at radius 3 is 2.52 bits per heavy atom. The average Bonchev–Trinajstić information content (AvgIpc) is 2.91. The van der Waals surface area contributed by atoms with Gasteiger partial charge in [0.15, 0.2) is 6.61 Å². The second-order valence-corrected chi connectivity index (χ2v) is 4.39. The number of esters is 1. The van der Waals surface area contributed by atoms with Crippen LogP contribution < -0.4 is 5.32 Å². The van der Waals surface area contributed by atoms with E-state index in [1.807, 2.05) is 0 Å². The fraction of sp³-hybridized carbons (Fsp3) is 0.200. The molecule has 1 aromatic heterocycles. The number of benzene rings is 1. The number of halogens is 1. The summed E-state index contributed by atoms with van der Waals surface area (Å²) in [5.41, 5.74) is 0.748. The summed E-state index contributed by atoms with van der Waals surface area (Å²) in [6.07, 6.45) is 0. The molecule has 0 aliphatic heterocycles. The third-order valence-electron chi connectivity index (χ3n) is 2.68. The second-order valence-electron chi connectivity index (χ2n) is 4.39. The van der Waals surface area contributed by atoms with Gasteiger partial charge in [0.2, 0.25) is 5.76 Å². The summed E-state index contributed by atoms with van der Waals surface area (Å²) in [6.45, 7) is 1.53. The van der Waals surface area contributed by atoms with Crippen molar-refractivity contribution in [2.24, 2.45) is 0 Å². The zero-order valence-corrected chi connectivity index (χ0v) is 11.4. The zero-order chi connectivity index (χ0) is 15.2. The molecule has 6 heteroatoms. The van der Waals surface area contributed by atoms with Crippen LogP contribution in [0, 0.1) is 12.7 Å². The summed E-state index contributed by atoms with van der Waals surface area (Å²) in [5, 5.41) is 2.56. The smallest absolute Gasteiger partial charge is 0.374 e. The SMILES string of the molecule is Cc1ccc(C(=O)OCC(=O)NCc2ccc(F)cc2)o1. The molecule has 0 radical (unpaired) electrons. The van der Waals surface area contributed by atoms with Gasteiger partial charge in [0.25, 0.3) is 5.91 Å². The van der Waals surface area contributed by atoms with Crippen molar-refractivity contribution in [2.45, 2.75) is 13.5 Å². The molecule has 0 bridgehead atoms. The molecule has 1 amide bonds. The maximum Gasteiger partial charge on any atom is 0.374 e. The van der Waals surface area contributed by atoms with Crippen molar-refractivity contribution in [3.05, 3.63) is 59.3 Å². The Morgan fingerprint density at radius 2 is 1.90 bits per heavy atom. The van der Waals surface area contributed by atoms with E-state index in [-0.39, 0.29) is 18.1 Å². The lowest BCUT2D eigenvalue weighted by molar-refractivity contribution is -0.124. The van der Waals surface area contributed by atoms with Crippen LogP contribution in [0.5, 0.6) is 0 Å². The van der Waals surface area contributed by atoms with Gasteiger partial charge in [-0.2, -0.15) is 0 Å². The number of furan rings is 1. The van der Waals surface area contributed by atoms with Gasteiger partial charge in [-0.15, -0.1) is 0 Å². The normalized spacial score (nSPS) is 10.2. The minimum Gasteiger partial charge on any atom is -0.454 e. The molecule has 2 aromatic rings. The first-order valence-electron chi connectivity index (χ1n) is 6.29. The molecule has 0 unspecified atom stereocenters. The van der Waals surface area contributed by atoms with E-state index < -0.39 is 18.5 Å². The van der Waals surface area contributed by atoms with E-state index in [2.05, 4.69) is 5.32 Å². The van der Waals surface area contributed by atoms with Gasteiger partial charge in [-0.3, -0.25) is 4.79 Å². The number of hydrogen-bond donors (Lipinski definition) is 1. The van der Waals surface area contributed by atoms with Gasteiger partial charge in [-0.1, -0.05) is 12.1 Å². The van der Waals surface area contributed by atoms with Crippen LogP contribution in [0.25, 0.3) is 0 Å². The Balaban J connectivity index is 1.74. The molecule has 21 heavy (non-hydrogen) atoms. The van der Waals surface area contributed by atoms with Crippen LogP contribution in [0.2, 0.25) is 0 Å². The molecule has 0 saturated heterocycles. The molecule has 110 valence electrons. The van der Waals surface area contributed by atoms with Gasteiger partial charge in [0.05, 0.1) is 0 Å². The minimum atomic E-state index is -0.694. The molecule has 0 aliphatic carbocycles. The molecule has 0 fully saturated rings. The first-order chi connectivity index (χ1) is 10.0. The van der Waals surface area contributed by atoms with E-state index in [0.29, 0.717) is 5.76 Å². The molecule has 0 spiro atoms. The van der Waals surface area contributed by atoms with Crippen LogP contribution in [-0.4, -0.2) is 18.5 Å². The Morgan fingerprint density at radius 1 is 1.19 bits per heavy atom. The van der Waals surface area contributed by atoms with Crippen molar-refractivity contribution in [3.63, 3.8) is 0 Å². The van der Waals surface area contributed by atoms with Crippen LogP contribution in [0.15, 0.2) is 40.8 Å². The van der Waals surface area contributed by atoms with E-state index in [1.54, 1.807) is 25.1 Å². The van der Waals surface area contributed by atoms with Crippen LogP contribution in [0.3, 0.4) is 0 Å². The van der Waals surface area contributed by atoms with Crippen LogP contribution in [0.1, 0.15) is 21.9 Å². The van der Waals surface area contributed by atoms with Crippen molar-refractivity contribution in [2.75, 3.05) is 6.61 Å². The molecule has 2 rings (SSSR count). The summed E-state index contributed by atoms with van der Waals surface area (Å²) < 4.78 is 22.6. The van der Waals surface area contributed by atoms with Crippen molar-refractivity contribution < 1.29 is 23.1 Å². The Hall–Kier alpha value is -2.63. The van der Waals surface area contributed by atoms with Crippen LogP contribution in [0.4, 0.5) is 4.39 Å². The summed E-state index contributed by atoms with van der Waals surface area (Å²) >= 11 is 0. The Labute approximate surface area is 120 Å². The van der Waals surface area contributed by atoms with Crippen molar-refractivity contribution in [1.82, 2.24) is 5.32 Å². The minimum absolute atomic E-state index is 0.0545. The number of carbonyl (C=O) groups is 2. The van der Waals surface area contributed by atoms with Gasteiger partial charge >= 0.3 is 5.97 Å². The lowest BCUT2D eigenvalue weighted by atomic mass is 10.2. The number of carbonyl (C=O) groups excluding carboxylic acids is 2. The maximum atomic E-state index is 12.7. The standard InChI is InChI=1S/C15H14FNO4/c1-10-2-7-13(21-10)15(19)20-9-14(18)17-8-11-3-5-12(16)6-4-11/h2-7H,8-9H2,1H3,(H,17,18). The topological polar surface area (TPSA) is 68.5 Å². The number of rotatable bonds is 5. The summed E-state index contributed by atoms with van der Waals surface area (Å²) in [5.74, 6) is -0.842. The molecule has 0 saturated carbocycles. The van der Waals surface area contributed by atoms with Gasteiger partial charge in [0.1, 0.15) is 11.6 Å². The van der Waals surface area contributed by atoms with Crippen molar-refractivity contribution in [3.8, 4) is 0 Å². The molecule has 5 nitrogen and oxygen atoms in total. The van der Waals surface area contributed by atoms with Crippen LogP contribution >= 0.6 is 0 Å². The average molecular weight is 291 g/mol. The predicted molar refractivity (Wildman–Crippen MR) is 72.0 cm³/mol. The van der Waals surface area contributed by atoms with E-state index in [1.165, 1.54) is 18.2 Å². The van der Waals surface area contributed by atoms with Gasteiger partial charge < -0.3 is 14.5 Å². The van der Waals surface area contributed by atoms with E-state index >= 15 is 0 Å². The first-order valence-corrected chi connectivity index (χ1v) is 6.29. The lowest BCUT2D eigenvalue weighted by Gasteiger charge is -2.06.